The molecule has 0 bridgehead atoms. The first-order valence-corrected chi connectivity index (χ1v) is 23.5. The van der Waals surface area contributed by atoms with Crippen molar-refractivity contribution in [2.75, 3.05) is 47.5 Å². The van der Waals surface area contributed by atoms with Crippen LogP contribution in [-0.2, 0) is 32.7 Å². The fourth-order valence-electron chi connectivity index (χ4n) is 5.98. The first kappa shape index (κ1) is 52.5. The van der Waals surface area contributed by atoms with E-state index in [0.29, 0.717) is 17.4 Å². The van der Waals surface area contributed by atoms with Gasteiger partial charge in [0.25, 0.3) is 7.82 Å². The molecule has 0 fully saturated rings. The van der Waals surface area contributed by atoms with Gasteiger partial charge in [0, 0.05) is 12.8 Å². The van der Waals surface area contributed by atoms with E-state index in [2.05, 4.69) is 38.2 Å². The van der Waals surface area contributed by atoms with Gasteiger partial charge in [0.2, 0.25) is 0 Å². The molecule has 0 aliphatic rings. The maximum atomic E-state index is 12.6. The first-order chi connectivity index (χ1) is 26.0. The number of ether oxygens (including phenoxy) is 2. The highest BCUT2D eigenvalue weighted by molar-refractivity contribution is 7.45. The van der Waals surface area contributed by atoms with Crippen molar-refractivity contribution in [3.63, 3.8) is 0 Å². The lowest BCUT2D eigenvalue weighted by atomic mass is 10.1. The summed E-state index contributed by atoms with van der Waals surface area (Å²) < 4.78 is 33.9. The Morgan fingerprint density at radius 1 is 0.574 bits per heavy atom. The Kier molecular flexibility index (Phi) is 36.1. The molecule has 0 N–H and O–H groups in total. The molecule has 1 unspecified atom stereocenters. The number of hydrogen-bond acceptors (Lipinski definition) is 8. The van der Waals surface area contributed by atoms with Gasteiger partial charge in [0.15, 0.2) is 6.10 Å². The summed E-state index contributed by atoms with van der Waals surface area (Å²) in [6.07, 6.45) is 39.1. The van der Waals surface area contributed by atoms with Crippen molar-refractivity contribution in [3.8, 4) is 0 Å². The maximum Gasteiger partial charge on any atom is 0.306 e. The number of unbranched alkanes of at least 4 members (excludes halogenated alkanes) is 22. The van der Waals surface area contributed by atoms with Gasteiger partial charge in [0.1, 0.15) is 19.8 Å². The van der Waals surface area contributed by atoms with Crippen LogP contribution in [0, 0.1) is 0 Å². The van der Waals surface area contributed by atoms with Crippen LogP contribution in [0.25, 0.3) is 0 Å². The van der Waals surface area contributed by atoms with Gasteiger partial charge < -0.3 is 27.9 Å². The molecule has 0 amide bonds. The van der Waals surface area contributed by atoms with Crippen molar-refractivity contribution >= 4 is 19.8 Å². The number of nitrogens with zero attached hydrogens (tertiary/aromatic N) is 1. The van der Waals surface area contributed by atoms with Gasteiger partial charge in [-0.3, -0.25) is 14.2 Å². The molecule has 0 aliphatic heterocycles. The minimum atomic E-state index is -4.62. The highest BCUT2D eigenvalue weighted by Crippen LogP contribution is 2.38. The fraction of sp³-hybridized carbons (Fsp3) is 0.864. The topological polar surface area (TPSA) is 111 Å². The molecule has 0 aromatic carbocycles. The van der Waals surface area contributed by atoms with Crippen LogP contribution in [0.15, 0.2) is 24.3 Å². The SMILES string of the molecule is CCCCC/C=C/C/C=C/CCCCCCCCCCCC(=O)OC[C@@H](COP(=O)([O-])OCC[N+](C)(C)C)OC(=O)CCCCCCCCCCCCC. The number of carbonyl (C=O) groups is 2. The molecule has 0 spiro atoms. The van der Waals surface area contributed by atoms with Crippen LogP contribution in [0.5, 0.6) is 0 Å². The Labute approximate surface area is 332 Å². The summed E-state index contributed by atoms with van der Waals surface area (Å²) in [5, 5.41) is 0. The van der Waals surface area contributed by atoms with Gasteiger partial charge in [0.05, 0.1) is 27.7 Å². The van der Waals surface area contributed by atoms with Crippen molar-refractivity contribution in [2.24, 2.45) is 0 Å². The third-order valence-electron chi connectivity index (χ3n) is 9.47. The van der Waals surface area contributed by atoms with E-state index in [9.17, 15) is 19.0 Å². The number of likely N-dealkylation sites (N-methyl/N-ethyl adjacent to an activating group) is 1. The molecule has 10 heteroatoms. The van der Waals surface area contributed by atoms with Gasteiger partial charge in [-0.2, -0.15) is 0 Å². The summed E-state index contributed by atoms with van der Waals surface area (Å²) in [6, 6.07) is 0. The minimum absolute atomic E-state index is 0.0296. The Bertz CT molecular complexity index is 980. The molecule has 2 atom stereocenters. The normalized spacial score (nSPS) is 13.8. The van der Waals surface area contributed by atoms with Crippen molar-refractivity contribution in [3.05, 3.63) is 24.3 Å². The van der Waals surface area contributed by atoms with E-state index in [1.54, 1.807) is 0 Å². The highest BCUT2D eigenvalue weighted by atomic mass is 31.2. The Hall–Kier alpha value is -1.51. The fourth-order valence-corrected chi connectivity index (χ4v) is 6.71. The number of hydrogen-bond donors (Lipinski definition) is 0. The van der Waals surface area contributed by atoms with Crippen molar-refractivity contribution in [2.45, 2.75) is 200 Å². The van der Waals surface area contributed by atoms with Crippen LogP contribution in [0.2, 0.25) is 0 Å². The van der Waals surface area contributed by atoms with Gasteiger partial charge in [-0.25, -0.2) is 0 Å². The van der Waals surface area contributed by atoms with E-state index in [1.165, 1.54) is 122 Å². The molecule has 0 rings (SSSR count). The Morgan fingerprint density at radius 3 is 1.50 bits per heavy atom. The lowest BCUT2D eigenvalue weighted by Crippen LogP contribution is -2.37. The van der Waals surface area contributed by atoms with Crippen molar-refractivity contribution < 1.29 is 42.1 Å². The number of phosphoric ester groups is 1. The van der Waals surface area contributed by atoms with Crippen LogP contribution >= 0.6 is 7.82 Å². The predicted octanol–water partition coefficient (Wildman–Crippen LogP) is 11.7. The standard InChI is InChI=1S/C44H84NO8P/c1-6-8-10-12-14-16-18-19-20-21-22-23-24-25-27-28-30-32-34-36-43(46)50-40-42(41-52-54(48,49)51-39-38-45(3,4)5)53-44(47)37-35-33-31-29-26-17-15-13-11-9-7-2/h14,16,19-20,42H,6-13,15,17-18,21-41H2,1-5H3/b16-14+,20-19+/t42-/m0/s1. The molecule has 9 nitrogen and oxygen atoms in total. The average Bonchev–Trinajstić information content (AvgIpc) is 3.12. The molecule has 54 heavy (non-hydrogen) atoms. The van der Waals surface area contributed by atoms with E-state index in [4.69, 9.17) is 18.5 Å². The second-order valence-corrected chi connectivity index (χ2v) is 17.5. The van der Waals surface area contributed by atoms with Crippen LogP contribution in [0.3, 0.4) is 0 Å². The van der Waals surface area contributed by atoms with E-state index in [0.717, 1.165) is 38.5 Å². The minimum Gasteiger partial charge on any atom is -0.756 e. The maximum absolute atomic E-state index is 12.6. The summed E-state index contributed by atoms with van der Waals surface area (Å²) in [4.78, 5) is 37.5. The number of carbonyl (C=O) groups excluding carboxylic acids is 2. The molecule has 0 saturated heterocycles. The molecular weight excluding hydrogens is 701 g/mol. The predicted molar refractivity (Wildman–Crippen MR) is 222 cm³/mol. The highest BCUT2D eigenvalue weighted by Gasteiger charge is 2.21. The number of rotatable bonds is 40. The molecule has 0 aromatic rings. The number of allylic oxidation sites excluding steroid dienone is 4. The van der Waals surface area contributed by atoms with Gasteiger partial charge in [-0.15, -0.1) is 0 Å². The van der Waals surface area contributed by atoms with E-state index >= 15 is 0 Å². The third-order valence-corrected chi connectivity index (χ3v) is 10.4. The van der Waals surface area contributed by atoms with Crippen molar-refractivity contribution in [1.82, 2.24) is 0 Å². The van der Waals surface area contributed by atoms with Crippen molar-refractivity contribution in [1.29, 1.82) is 0 Å². The second-order valence-electron chi connectivity index (χ2n) is 16.1. The zero-order valence-electron chi connectivity index (χ0n) is 35.7. The molecule has 0 radical (unpaired) electrons. The number of quaternary nitrogens is 1. The second kappa shape index (κ2) is 37.1. The lowest BCUT2D eigenvalue weighted by Gasteiger charge is -2.28. The van der Waals surface area contributed by atoms with E-state index < -0.39 is 26.5 Å². The average molecular weight is 786 g/mol. The first-order valence-electron chi connectivity index (χ1n) is 22.0. The Morgan fingerprint density at radius 2 is 1.00 bits per heavy atom. The lowest BCUT2D eigenvalue weighted by molar-refractivity contribution is -0.870. The number of esters is 2. The summed E-state index contributed by atoms with van der Waals surface area (Å²) in [5.41, 5.74) is 0. The van der Waals surface area contributed by atoms with Crippen LogP contribution in [0.4, 0.5) is 0 Å². The smallest absolute Gasteiger partial charge is 0.306 e. The van der Waals surface area contributed by atoms with Crippen LogP contribution < -0.4 is 4.89 Å². The van der Waals surface area contributed by atoms with E-state index in [-0.39, 0.29) is 32.0 Å². The third kappa shape index (κ3) is 40.2. The zero-order chi connectivity index (χ0) is 40.0. The van der Waals surface area contributed by atoms with Crippen LogP contribution in [0.1, 0.15) is 194 Å². The molecule has 318 valence electrons. The summed E-state index contributed by atoms with van der Waals surface area (Å²) in [7, 11) is 1.17. The molecule has 0 aromatic heterocycles. The quantitative estimate of drug-likeness (QED) is 0.0198. The number of phosphoric acid groups is 1. The van der Waals surface area contributed by atoms with Crippen LogP contribution in [-0.4, -0.2) is 70.0 Å². The molecular formula is C44H84NO8P. The van der Waals surface area contributed by atoms with Gasteiger partial charge >= 0.3 is 11.9 Å². The summed E-state index contributed by atoms with van der Waals surface area (Å²) >= 11 is 0. The molecule has 0 saturated carbocycles. The Balaban J connectivity index is 4.29. The molecule has 0 aliphatic carbocycles. The van der Waals surface area contributed by atoms with Gasteiger partial charge in [-0.1, -0.05) is 160 Å². The molecule has 0 heterocycles. The largest absolute Gasteiger partial charge is 0.756 e. The summed E-state index contributed by atoms with van der Waals surface area (Å²) in [5.74, 6) is -0.835. The van der Waals surface area contributed by atoms with E-state index in [1.807, 2.05) is 21.1 Å². The summed E-state index contributed by atoms with van der Waals surface area (Å²) in [6.45, 7) is 4.20. The van der Waals surface area contributed by atoms with Gasteiger partial charge in [-0.05, 0) is 44.9 Å². The zero-order valence-corrected chi connectivity index (χ0v) is 36.6. The monoisotopic (exact) mass is 786 g/mol.